The van der Waals surface area contributed by atoms with Crippen molar-refractivity contribution in [2.45, 2.75) is 6.92 Å². The first kappa shape index (κ1) is 17.8. The Hall–Kier alpha value is -2.63. The Morgan fingerprint density at radius 1 is 1.15 bits per heavy atom. The van der Waals surface area contributed by atoms with Crippen LogP contribution in [-0.2, 0) is 0 Å². The van der Waals surface area contributed by atoms with E-state index in [-0.39, 0.29) is 11.7 Å². The fraction of sp³-hybridized carbons (Fsp3) is 0.0476. The van der Waals surface area contributed by atoms with E-state index in [4.69, 9.17) is 16.0 Å². The summed E-state index contributed by atoms with van der Waals surface area (Å²) in [7, 11) is 0. The summed E-state index contributed by atoms with van der Waals surface area (Å²) < 4.78 is 8.11. The standard InChI is InChI=1S/C21H13BrClNO3/c1-12-16(11-25)14-4-2-3-5-18(14)24(12)21(26)20-9-8-19(27-20)15-7-6-13(23)10-17(15)22/h2-11H,1H3. The summed E-state index contributed by atoms with van der Waals surface area (Å²) in [5.41, 5.74) is 2.56. The van der Waals surface area contributed by atoms with Crippen molar-refractivity contribution in [3.8, 4) is 11.3 Å². The van der Waals surface area contributed by atoms with Gasteiger partial charge in [-0.2, -0.15) is 0 Å². The topological polar surface area (TPSA) is 52.2 Å². The van der Waals surface area contributed by atoms with Crippen LogP contribution in [-0.4, -0.2) is 16.8 Å². The molecule has 0 N–H and O–H groups in total. The average molecular weight is 443 g/mol. The highest BCUT2D eigenvalue weighted by Crippen LogP contribution is 2.33. The smallest absolute Gasteiger partial charge is 0.298 e. The molecule has 2 aromatic carbocycles. The summed E-state index contributed by atoms with van der Waals surface area (Å²) >= 11 is 9.44. The van der Waals surface area contributed by atoms with Gasteiger partial charge in [-0.05, 0) is 59.3 Å². The summed E-state index contributed by atoms with van der Waals surface area (Å²) in [5.74, 6) is 0.410. The van der Waals surface area contributed by atoms with Crippen molar-refractivity contribution in [3.63, 3.8) is 0 Å². The first-order chi connectivity index (χ1) is 13.0. The van der Waals surface area contributed by atoms with Crippen molar-refractivity contribution in [3.05, 3.63) is 81.1 Å². The van der Waals surface area contributed by atoms with Crippen molar-refractivity contribution >= 4 is 50.6 Å². The Bertz CT molecular complexity index is 1210. The third kappa shape index (κ3) is 2.93. The normalized spacial score (nSPS) is 11.1. The van der Waals surface area contributed by atoms with Crippen LogP contribution >= 0.6 is 27.5 Å². The van der Waals surface area contributed by atoms with E-state index in [2.05, 4.69) is 15.9 Å². The maximum atomic E-state index is 13.1. The number of rotatable bonds is 3. The molecule has 4 aromatic rings. The monoisotopic (exact) mass is 441 g/mol. The quantitative estimate of drug-likeness (QED) is 0.359. The van der Waals surface area contributed by atoms with Crippen LogP contribution < -0.4 is 0 Å². The number of aromatic nitrogens is 1. The molecule has 27 heavy (non-hydrogen) atoms. The van der Waals surface area contributed by atoms with Crippen LogP contribution in [0.25, 0.3) is 22.2 Å². The molecule has 6 heteroatoms. The van der Waals surface area contributed by atoms with Crippen molar-refractivity contribution in [1.82, 2.24) is 4.57 Å². The van der Waals surface area contributed by atoms with Gasteiger partial charge >= 0.3 is 0 Å². The molecule has 0 saturated carbocycles. The van der Waals surface area contributed by atoms with E-state index < -0.39 is 0 Å². The summed E-state index contributed by atoms with van der Waals surface area (Å²) in [6.45, 7) is 1.75. The van der Waals surface area contributed by atoms with E-state index >= 15 is 0 Å². The largest absolute Gasteiger partial charge is 0.451 e. The zero-order valence-corrected chi connectivity index (χ0v) is 16.5. The SMILES string of the molecule is Cc1c(C=O)c2ccccc2n1C(=O)c1ccc(-c2ccc(Cl)cc2Br)o1. The molecule has 2 heterocycles. The van der Waals surface area contributed by atoms with Gasteiger partial charge in [-0.3, -0.25) is 14.2 Å². The van der Waals surface area contributed by atoms with Gasteiger partial charge in [0.2, 0.25) is 0 Å². The number of carbonyl (C=O) groups excluding carboxylic acids is 2. The zero-order chi connectivity index (χ0) is 19.1. The predicted molar refractivity (Wildman–Crippen MR) is 109 cm³/mol. The Kier molecular flexibility index (Phi) is 4.50. The molecule has 134 valence electrons. The molecule has 0 bridgehead atoms. The summed E-state index contributed by atoms with van der Waals surface area (Å²) in [4.78, 5) is 24.6. The van der Waals surface area contributed by atoms with Gasteiger partial charge in [0.15, 0.2) is 12.0 Å². The van der Waals surface area contributed by atoms with Crippen molar-refractivity contribution < 1.29 is 14.0 Å². The van der Waals surface area contributed by atoms with Crippen LogP contribution in [0.2, 0.25) is 5.02 Å². The number of benzene rings is 2. The number of hydrogen-bond donors (Lipinski definition) is 0. The minimum absolute atomic E-state index is 0.188. The van der Waals surface area contributed by atoms with E-state index in [9.17, 15) is 9.59 Å². The molecule has 0 fully saturated rings. The maximum Gasteiger partial charge on any atom is 0.298 e. The average Bonchev–Trinajstić information content (AvgIpc) is 3.23. The van der Waals surface area contributed by atoms with Gasteiger partial charge in [-0.15, -0.1) is 0 Å². The van der Waals surface area contributed by atoms with E-state index in [1.165, 1.54) is 4.57 Å². The van der Waals surface area contributed by atoms with Crippen LogP contribution in [0.15, 0.2) is 63.5 Å². The van der Waals surface area contributed by atoms with Gasteiger partial charge in [0.25, 0.3) is 5.91 Å². The first-order valence-corrected chi connectivity index (χ1v) is 9.33. The highest BCUT2D eigenvalue weighted by Gasteiger charge is 2.22. The Balaban J connectivity index is 1.81. The van der Waals surface area contributed by atoms with Crippen molar-refractivity contribution in [1.29, 1.82) is 0 Å². The molecule has 0 aliphatic carbocycles. The number of halogens is 2. The van der Waals surface area contributed by atoms with E-state index in [1.54, 1.807) is 31.2 Å². The fourth-order valence-electron chi connectivity index (χ4n) is 3.20. The summed E-state index contributed by atoms with van der Waals surface area (Å²) in [5, 5.41) is 1.34. The number of nitrogens with zero attached hydrogens (tertiary/aromatic N) is 1. The van der Waals surface area contributed by atoms with Crippen LogP contribution in [0.5, 0.6) is 0 Å². The second-order valence-corrected chi connectivity index (χ2v) is 7.35. The van der Waals surface area contributed by atoms with Gasteiger partial charge < -0.3 is 4.42 Å². The van der Waals surface area contributed by atoms with E-state index in [1.807, 2.05) is 30.3 Å². The van der Waals surface area contributed by atoms with Gasteiger partial charge in [0, 0.05) is 31.7 Å². The summed E-state index contributed by atoms with van der Waals surface area (Å²) in [6, 6.07) is 16.0. The van der Waals surface area contributed by atoms with Crippen LogP contribution in [0.1, 0.15) is 26.6 Å². The number of para-hydroxylation sites is 1. The minimum Gasteiger partial charge on any atom is -0.451 e. The lowest BCUT2D eigenvalue weighted by Gasteiger charge is -2.05. The Morgan fingerprint density at radius 3 is 2.67 bits per heavy atom. The Morgan fingerprint density at radius 2 is 1.93 bits per heavy atom. The lowest BCUT2D eigenvalue weighted by Crippen LogP contribution is -2.12. The third-order valence-electron chi connectivity index (χ3n) is 4.49. The number of aldehydes is 1. The predicted octanol–water partition coefficient (Wildman–Crippen LogP) is 6.13. The molecule has 2 aromatic heterocycles. The van der Waals surface area contributed by atoms with Crippen LogP contribution in [0.3, 0.4) is 0 Å². The lowest BCUT2D eigenvalue weighted by atomic mass is 10.1. The number of hydrogen-bond acceptors (Lipinski definition) is 3. The highest BCUT2D eigenvalue weighted by molar-refractivity contribution is 9.10. The third-order valence-corrected chi connectivity index (χ3v) is 5.39. The highest BCUT2D eigenvalue weighted by atomic mass is 79.9. The van der Waals surface area contributed by atoms with Gasteiger partial charge in [-0.1, -0.05) is 29.8 Å². The molecule has 0 aliphatic heterocycles. The van der Waals surface area contributed by atoms with E-state index in [0.29, 0.717) is 27.6 Å². The first-order valence-electron chi connectivity index (χ1n) is 8.16. The molecule has 0 unspecified atom stereocenters. The molecule has 0 saturated heterocycles. The second kappa shape index (κ2) is 6.83. The number of furan rings is 1. The van der Waals surface area contributed by atoms with Crippen LogP contribution in [0.4, 0.5) is 0 Å². The number of fused-ring (bicyclic) bond motifs is 1. The Labute approximate surface area is 168 Å². The van der Waals surface area contributed by atoms with Gasteiger partial charge in [0.05, 0.1) is 5.52 Å². The fourth-order valence-corrected chi connectivity index (χ4v) is 4.08. The molecule has 4 nitrogen and oxygen atoms in total. The van der Waals surface area contributed by atoms with Gasteiger partial charge in [-0.25, -0.2) is 0 Å². The molecule has 0 radical (unpaired) electrons. The molecule has 0 amide bonds. The van der Waals surface area contributed by atoms with Crippen LogP contribution in [0, 0.1) is 6.92 Å². The molecule has 0 atom stereocenters. The number of carbonyl (C=O) groups is 2. The van der Waals surface area contributed by atoms with Crippen molar-refractivity contribution in [2.75, 3.05) is 0 Å². The molecular formula is C21H13BrClNO3. The molecule has 0 spiro atoms. The maximum absolute atomic E-state index is 13.1. The van der Waals surface area contributed by atoms with Gasteiger partial charge in [0.1, 0.15) is 5.76 Å². The van der Waals surface area contributed by atoms with E-state index in [0.717, 1.165) is 21.7 Å². The molecule has 0 aliphatic rings. The second-order valence-electron chi connectivity index (χ2n) is 6.06. The molecular weight excluding hydrogens is 430 g/mol. The summed E-state index contributed by atoms with van der Waals surface area (Å²) in [6.07, 6.45) is 0.778. The molecule has 4 rings (SSSR count). The van der Waals surface area contributed by atoms with Crippen molar-refractivity contribution in [2.24, 2.45) is 0 Å². The minimum atomic E-state index is -0.326. The lowest BCUT2D eigenvalue weighted by molar-refractivity contribution is 0.0936. The zero-order valence-electron chi connectivity index (χ0n) is 14.2.